The van der Waals surface area contributed by atoms with Gasteiger partial charge in [0.25, 0.3) is 0 Å². The van der Waals surface area contributed by atoms with Crippen molar-refractivity contribution in [2.24, 2.45) is 61.4 Å². The molecule has 0 atom stereocenters. The third kappa shape index (κ3) is 14.0. The highest BCUT2D eigenvalue weighted by atomic mass is 16.3. The zero-order chi connectivity index (χ0) is 76.9. The third-order valence-corrected chi connectivity index (χ3v) is 19.6. The molecule has 1 aliphatic carbocycles. The van der Waals surface area contributed by atoms with Gasteiger partial charge in [-0.05, 0) is 146 Å². The van der Waals surface area contributed by atoms with E-state index in [0.29, 0.717) is 33.1 Å². The summed E-state index contributed by atoms with van der Waals surface area (Å²) in [6.07, 6.45) is -1.15. The Balaban J connectivity index is 0.819. The van der Waals surface area contributed by atoms with Crippen LogP contribution < -0.4 is 0 Å². The molecule has 0 fully saturated rings. The van der Waals surface area contributed by atoms with Crippen LogP contribution in [0.2, 0.25) is 0 Å². The molecule has 0 radical (unpaired) electrons. The summed E-state index contributed by atoms with van der Waals surface area (Å²) in [4.78, 5) is 47.0. The van der Waals surface area contributed by atoms with E-state index in [1.54, 1.807) is 72.8 Å². The van der Waals surface area contributed by atoms with Crippen LogP contribution in [0.4, 0.5) is 69.8 Å². The zero-order valence-corrected chi connectivity index (χ0v) is 59.8. The molecule has 1 aliphatic rings. The van der Waals surface area contributed by atoms with Gasteiger partial charge in [0.05, 0.1) is 100 Å². The normalized spacial score (nSPS) is 13.1. The summed E-state index contributed by atoms with van der Waals surface area (Å²) in [5, 5.41) is 134. The molecule has 6 aromatic heterocycles. The highest BCUT2D eigenvalue weighted by molar-refractivity contribution is 5.81. The summed E-state index contributed by atoms with van der Waals surface area (Å²) in [5.74, 6) is -0.250. The number of benzene rings is 12. The molecule has 12 bridgehead atoms. The number of phenols is 6. The van der Waals surface area contributed by atoms with Gasteiger partial charge in [-0.15, -0.1) is 61.4 Å². The Labute approximate surface area is 642 Å². The van der Waals surface area contributed by atoms with Gasteiger partial charge in [0.15, 0.2) is 0 Å². The van der Waals surface area contributed by atoms with Gasteiger partial charge >= 0.3 is 0 Å². The number of nitrogens with one attached hydrogen (secondary N) is 6. The molecule has 0 aliphatic heterocycles. The van der Waals surface area contributed by atoms with Gasteiger partial charge in [-0.25, -0.2) is 29.9 Å². The molecule has 19 rings (SSSR count). The van der Waals surface area contributed by atoms with Crippen LogP contribution in [0.3, 0.4) is 0 Å². The Morgan fingerprint density at radius 2 is 0.316 bits per heavy atom. The molecular formula is C84H60N24O6. The molecule has 12 N–H and O–H groups in total. The van der Waals surface area contributed by atoms with Crippen LogP contribution in [0, 0.1) is 0 Å². The van der Waals surface area contributed by atoms with Crippen molar-refractivity contribution in [2.45, 2.75) is 38.5 Å². The Kier molecular flexibility index (Phi) is 17.3. The second-order valence-electron chi connectivity index (χ2n) is 27.4. The minimum absolute atomic E-state index is 0.192. The minimum atomic E-state index is -0.238. The standard InChI is InChI=1S/C84H60N24O6/c109-73-43-25-45-33-56(98-104-80-87-63-15-3-4-16-64(63)88-80)35-47(74(45)110)27-49-37-58(100-106-82-91-67-19-7-8-20-68(67)92-82)39-51(76(49)112)29-53-41-60(102-108-84-95-71-23-11-12-24-72(71)96-84)42-54(78(53)114)30-52-40-59(101-107-83-93-69-21-9-10-22-70(69)94-83)38-50(77(52)113)28-48-36-57(99-105-81-89-65-17-5-6-18-66(65)90-81)34-46(75(48)111)26-44(73)32-55(31-43)97-103-79-85-61-13-1-2-14-62(61)86-79/h1-24,31-42,109-114H,25-30H2,(H,85,86)(H,87,88)(H,89,90)(H,91,92)(H,93,94)(H,95,96). The molecule has 30 heteroatoms. The molecule has 0 amide bonds. The summed E-state index contributed by atoms with van der Waals surface area (Å²) >= 11 is 0. The number of H-pyrrole nitrogens is 6. The van der Waals surface area contributed by atoms with Gasteiger partial charge in [0, 0.05) is 105 Å². The number of azo groups is 6. The molecule has 0 spiro atoms. The first kappa shape index (κ1) is 68.4. The molecule has 0 unspecified atom stereocenters. The minimum Gasteiger partial charge on any atom is -0.507 e. The summed E-state index contributed by atoms with van der Waals surface area (Å²) < 4.78 is 0. The number of hydrogen-bond acceptors (Lipinski definition) is 24. The van der Waals surface area contributed by atoms with E-state index in [1.165, 1.54) is 0 Å². The quantitative estimate of drug-likeness (QED) is 0.0508. The van der Waals surface area contributed by atoms with E-state index in [2.05, 4.69) is 90.5 Å². The van der Waals surface area contributed by atoms with Gasteiger partial charge in [-0.3, -0.25) is 0 Å². The number of phenolic OH excluding ortho intramolecular Hbond substituents is 6. The van der Waals surface area contributed by atoms with Gasteiger partial charge in [0.2, 0.25) is 35.7 Å². The first-order valence-electron chi connectivity index (χ1n) is 36.0. The van der Waals surface area contributed by atoms with Crippen molar-refractivity contribution < 1.29 is 30.6 Å². The van der Waals surface area contributed by atoms with Gasteiger partial charge in [0.1, 0.15) is 34.5 Å². The van der Waals surface area contributed by atoms with Crippen molar-refractivity contribution in [2.75, 3.05) is 0 Å². The molecule has 0 saturated carbocycles. The smallest absolute Gasteiger partial charge is 0.247 e. The van der Waals surface area contributed by atoms with Crippen LogP contribution in [0.25, 0.3) is 66.2 Å². The number of hydrogen-bond donors (Lipinski definition) is 12. The third-order valence-electron chi connectivity index (χ3n) is 19.6. The molecule has 552 valence electrons. The highest BCUT2D eigenvalue weighted by Crippen LogP contribution is 2.45. The van der Waals surface area contributed by atoms with Crippen LogP contribution in [0.1, 0.15) is 66.8 Å². The zero-order valence-electron chi connectivity index (χ0n) is 59.8. The number of fused-ring (bicyclic) bond motifs is 18. The SMILES string of the molecule is Oc1c2cc(N=Nc3nc4ccccc4[nH]3)cc1Cc1cc(N=Nc3nc4ccccc4[nH]3)cc(c1O)Cc1cc(N=Nc3nc4ccccc4[nH]3)cc(c1O)Cc1cc(N=Nc3nc4ccccc4[nH]3)cc(c1O)Cc1cc(N=Nc3nc4ccccc4[nH]3)cc(c1O)Cc1cc(N=Nc3nc4ccccc4[nH]3)cc(c1O)C2. The van der Waals surface area contributed by atoms with E-state index in [1.807, 2.05) is 146 Å². The summed E-state index contributed by atoms with van der Waals surface area (Å²) in [7, 11) is 0. The van der Waals surface area contributed by atoms with Crippen LogP contribution in [0.5, 0.6) is 34.5 Å². The van der Waals surface area contributed by atoms with E-state index in [-0.39, 0.29) is 210 Å². The fourth-order valence-corrected chi connectivity index (χ4v) is 14.2. The first-order chi connectivity index (χ1) is 55.8. The van der Waals surface area contributed by atoms with Gasteiger partial charge < -0.3 is 60.5 Å². The predicted molar refractivity (Wildman–Crippen MR) is 427 cm³/mol. The topological polar surface area (TPSA) is 442 Å². The van der Waals surface area contributed by atoms with Crippen molar-refractivity contribution in [1.29, 1.82) is 0 Å². The molecule has 12 aromatic carbocycles. The maximum absolute atomic E-state index is 13.0. The maximum Gasteiger partial charge on any atom is 0.247 e. The van der Waals surface area contributed by atoms with E-state index in [0.717, 1.165) is 33.1 Å². The molecular weight excluding hydrogens is 1440 g/mol. The number of aromatic nitrogens is 12. The fraction of sp³-hybridized carbons (Fsp3) is 0.0714. The van der Waals surface area contributed by atoms with Crippen molar-refractivity contribution >= 4 is 136 Å². The summed E-state index contributed by atoms with van der Waals surface area (Å²) in [6, 6.07) is 64.2. The lowest BCUT2D eigenvalue weighted by Crippen LogP contribution is -2.01. The van der Waals surface area contributed by atoms with Crippen LogP contribution >= 0.6 is 0 Å². The summed E-state index contributed by atoms with van der Waals surface area (Å²) in [5.41, 5.74) is 12.7. The van der Waals surface area contributed by atoms with Gasteiger partial charge in [-0.2, -0.15) is 0 Å². The number of imidazole rings is 6. The molecule has 18 aromatic rings. The van der Waals surface area contributed by atoms with Crippen molar-refractivity contribution in [1.82, 2.24) is 59.8 Å². The van der Waals surface area contributed by atoms with Crippen LogP contribution in [-0.4, -0.2) is 90.4 Å². The van der Waals surface area contributed by atoms with Crippen molar-refractivity contribution in [3.05, 3.63) is 285 Å². The number of aromatic hydroxyl groups is 6. The van der Waals surface area contributed by atoms with E-state index in [9.17, 15) is 30.6 Å². The lowest BCUT2D eigenvalue weighted by atomic mass is 9.90. The Morgan fingerprint density at radius 1 is 0.184 bits per heavy atom. The average Bonchev–Trinajstić information content (AvgIpc) is 1.44. The second-order valence-corrected chi connectivity index (χ2v) is 27.4. The van der Waals surface area contributed by atoms with Crippen LogP contribution in [-0.2, 0) is 38.5 Å². The number of rotatable bonds is 12. The number of nitrogens with zero attached hydrogens (tertiary/aromatic N) is 18. The Bertz CT molecular complexity index is 5660. The second kappa shape index (κ2) is 28.8. The summed E-state index contributed by atoms with van der Waals surface area (Å²) in [6.45, 7) is 0. The van der Waals surface area contributed by atoms with E-state index >= 15 is 0 Å². The highest BCUT2D eigenvalue weighted by Gasteiger charge is 2.25. The predicted octanol–water partition coefficient (Wildman–Crippen LogP) is 21.5. The van der Waals surface area contributed by atoms with Crippen molar-refractivity contribution in [3.63, 3.8) is 0 Å². The largest absolute Gasteiger partial charge is 0.507 e. The number of para-hydroxylation sites is 12. The number of aromatic amines is 6. The molecule has 6 heterocycles. The lowest BCUT2D eigenvalue weighted by molar-refractivity contribution is 0.451. The Hall–Kier alpha value is -16.1. The average molecular weight is 1500 g/mol. The van der Waals surface area contributed by atoms with Crippen molar-refractivity contribution in [3.8, 4) is 34.5 Å². The maximum atomic E-state index is 13.0. The fourth-order valence-electron chi connectivity index (χ4n) is 14.2. The monoisotopic (exact) mass is 1500 g/mol. The van der Waals surface area contributed by atoms with Crippen LogP contribution in [0.15, 0.2) is 280 Å². The first-order valence-corrected chi connectivity index (χ1v) is 36.0. The molecule has 114 heavy (non-hydrogen) atoms. The molecule has 30 nitrogen and oxygen atoms in total. The Morgan fingerprint density at radius 3 is 0.447 bits per heavy atom. The lowest BCUT2D eigenvalue weighted by Gasteiger charge is -2.18. The van der Waals surface area contributed by atoms with E-state index in [4.69, 9.17) is 30.7 Å². The van der Waals surface area contributed by atoms with Gasteiger partial charge in [-0.1, -0.05) is 72.8 Å². The van der Waals surface area contributed by atoms with E-state index < -0.39 is 0 Å². The molecule has 0 saturated heterocycles.